The molecule has 0 saturated heterocycles. The van der Waals surface area contributed by atoms with E-state index in [1.54, 1.807) is 31.4 Å². The van der Waals surface area contributed by atoms with E-state index < -0.39 is 0 Å². The van der Waals surface area contributed by atoms with Crippen molar-refractivity contribution in [3.63, 3.8) is 0 Å². The normalized spacial score (nSPS) is 10.1. The summed E-state index contributed by atoms with van der Waals surface area (Å²) >= 11 is 0. The zero-order valence-electron chi connectivity index (χ0n) is 12.7. The van der Waals surface area contributed by atoms with Crippen LogP contribution < -0.4 is 9.47 Å². The SMILES string of the molecule is COc1ccc(-c2ccccc2Oc2ccc(C=O)cc2)cc1. The van der Waals surface area contributed by atoms with Gasteiger partial charge in [-0.3, -0.25) is 4.79 Å². The molecule has 0 spiro atoms. The van der Waals surface area contributed by atoms with Gasteiger partial charge in [0.1, 0.15) is 23.5 Å². The number of rotatable bonds is 5. The molecule has 0 amide bonds. The van der Waals surface area contributed by atoms with Crippen molar-refractivity contribution in [2.45, 2.75) is 0 Å². The summed E-state index contributed by atoms with van der Waals surface area (Å²) in [7, 11) is 1.65. The second kappa shape index (κ2) is 6.79. The lowest BCUT2D eigenvalue weighted by atomic mass is 10.0. The van der Waals surface area contributed by atoms with Crippen LogP contribution in [0.25, 0.3) is 11.1 Å². The molecule has 0 unspecified atom stereocenters. The van der Waals surface area contributed by atoms with E-state index in [-0.39, 0.29) is 0 Å². The first kappa shape index (κ1) is 14.9. The first-order chi connectivity index (χ1) is 11.3. The van der Waals surface area contributed by atoms with Crippen LogP contribution in [0.4, 0.5) is 0 Å². The molecule has 0 radical (unpaired) electrons. The van der Waals surface area contributed by atoms with Gasteiger partial charge < -0.3 is 9.47 Å². The lowest BCUT2D eigenvalue weighted by Gasteiger charge is -2.12. The molecule has 23 heavy (non-hydrogen) atoms. The number of ether oxygens (including phenoxy) is 2. The fraction of sp³-hybridized carbons (Fsp3) is 0.0500. The van der Waals surface area contributed by atoms with E-state index in [0.29, 0.717) is 11.3 Å². The standard InChI is InChI=1S/C20H16O3/c1-22-17-12-8-16(9-13-17)19-4-2-3-5-20(19)23-18-10-6-15(14-21)7-11-18/h2-14H,1H3. The number of hydrogen-bond donors (Lipinski definition) is 0. The summed E-state index contributed by atoms with van der Waals surface area (Å²) in [4.78, 5) is 10.7. The molecule has 0 aliphatic heterocycles. The molecule has 0 fully saturated rings. The predicted octanol–water partition coefficient (Wildman–Crippen LogP) is 4.97. The van der Waals surface area contributed by atoms with Crippen LogP contribution in [-0.4, -0.2) is 13.4 Å². The van der Waals surface area contributed by atoms with Gasteiger partial charge in [-0.1, -0.05) is 30.3 Å². The molecule has 3 nitrogen and oxygen atoms in total. The highest BCUT2D eigenvalue weighted by atomic mass is 16.5. The van der Waals surface area contributed by atoms with Crippen LogP contribution in [-0.2, 0) is 0 Å². The number of para-hydroxylation sites is 1. The van der Waals surface area contributed by atoms with Crippen LogP contribution >= 0.6 is 0 Å². The molecule has 3 aromatic carbocycles. The number of hydrogen-bond acceptors (Lipinski definition) is 3. The molecule has 0 aromatic heterocycles. The van der Waals surface area contributed by atoms with Gasteiger partial charge in [-0.15, -0.1) is 0 Å². The number of carbonyl (C=O) groups is 1. The third-order valence-electron chi connectivity index (χ3n) is 3.53. The van der Waals surface area contributed by atoms with Crippen LogP contribution in [0, 0.1) is 0 Å². The lowest BCUT2D eigenvalue weighted by molar-refractivity contribution is 0.112. The average Bonchev–Trinajstić information content (AvgIpc) is 2.63. The summed E-state index contributed by atoms with van der Waals surface area (Å²) in [6.45, 7) is 0. The van der Waals surface area contributed by atoms with E-state index >= 15 is 0 Å². The van der Waals surface area contributed by atoms with E-state index in [1.165, 1.54) is 0 Å². The minimum absolute atomic E-state index is 0.626. The summed E-state index contributed by atoms with van der Waals surface area (Å²) in [6, 6.07) is 22.7. The number of carbonyl (C=O) groups excluding carboxylic acids is 1. The molecule has 3 rings (SSSR count). The summed E-state index contributed by atoms with van der Waals surface area (Å²) < 4.78 is 11.2. The maximum Gasteiger partial charge on any atom is 0.150 e. The highest BCUT2D eigenvalue weighted by Gasteiger charge is 2.07. The quantitative estimate of drug-likeness (QED) is 0.624. The van der Waals surface area contributed by atoms with Crippen LogP contribution in [0.5, 0.6) is 17.2 Å². The monoisotopic (exact) mass is 304 g/mol. The van der Waals surface area contributed by atoms with Crippen molar-refractivity contribution >= 4 is 6.29 Å². The van der Waals surface area contributed by atoms with Gasteiger partial charge in [0.2, 0.25) is 0 Å². The van der Waals surface area contributed by atoms with Gasteiger partial charge in [0.25, 0.3) is 0 Å². The van der Waals surface area contributed by atoms with Crippen molar-refractivity contribution < 1.29 is 14.3 Å². The van der Waals surface area contributed by atoms with E-state index in [0.717, 1.165) is 28.9 Å². The predicted molar refractivity (Wildman–Crippen MR) is 90.3 cm³/mol. The highest BCUT2D eigenvalue weighted by molar-refractivity contribution is 5.75. The van der Waals surface area contributed by atoms with Crippen molar-refractivity contribution in [1.82, 2.24) is 0 Å². The van der Waals surface area contributed by atoms with Crippen molar-refractivity contribution in [1.29, 1.82) is 0 Å². The highest BCUT2D eigenvalue weighted by Crippen LogP contribution is 2.33. The Balaban J connectivity index is 1.91. The van der Waals surface area contributed by atoms with Crippen molar-refractivity contribution in [2.24, 2.45) is 0 Å². The van der Waals surface area contributed by atoms with Crippen LogP contribution in [0.2, 0.25) is 0 Å². The second-order valence-electron chi connectivity index (χ2n) is 5.01. The van der Waals surface area contributed by atoms with E-state index in [4.69, 9.17) is 9.47 Å². The van der Waals surface area contributed by atoms with E-state index in [2.05, 4.69) is 0 Å². The van der Waals surface area contributed by atoms with Crippen LogP contribution in [0.15, 0.2) is 72.8 Å². The van der Waals surface area contributed by atoms with Gasteiger partial charge in [-0.05, 0) is 48.0 Å². The molecule has 114 valence electrons. The zero-order chi connectivity index (χ0) is 16.1. The molecule has 3 heteroatoms. The minimum atomic E-state index is 0.626. The Labute approximate surface area is 135 Å². The van der Waals surface area contributed by atoms with Crippen LogP contribution in [0.3, 0.4) is 0 Å². The van der Waals surface area contributed by atoms with Crippen molar-refractivity contribution in [2.75, 3.05) is 7.11 Å². The summed E-state index contributed by atoms with van der Waals surface area (Å²) in [5.74, 6) is 2.27. The van der Waals surface area contributed by atoms with Gasteiger partial charge in [-0.25, -0.2) is 0 Å². The molecule has 0 heterocycles. The molecular formula is C20H16O3. The molecule has 0 N–H and O–H groups in total. The first-order valence-electron chi connectivity index (χ1n) is 7.27. The van der Waals surface area contributed by atoms with Crippen molar-refractivity contribution in [3.8, 4) is 28.4 Å². The first-order valence-corrected chi connectivity index (χ1v) is 7.27. The van der Waals surface area contributed by atoms with E-state index in [1.807, 2.05) is 48.5 Å². The second-order valence-corrected chi connectivity index (χ2v) is 5.01. The molecule has 0 saturated carbocycles. The third-order valence-corrected chi connectivity index (χ3v) is 3.53. The molecule has 0 bridgehead atoms. The fourth-order valence-electron chi connectivity index (χ4n) is 2.31. The maximum absolute atomic E-state index is 10.7. The van der Waals surface area contributed by atoms with Crippen LogP contribution in [0.1, 0.15) is 10.4 Å². The minimum Gasteiger partial charge on any atom is -0.497 e. The third kappa shape index (κ3) is 3.40. The molecule has 3 aromatic rings. The largest absolute Gasteiger partial charge is 0.497 e. The van der Waals surface area contributed by atoms with E-state index in [9.17, 15) is 4.79 Å². The zero-order valence-corrected chi connectivity index (χ0v) is 12.7. The Morgan fingerprint density at radius 1 is 0.783 bits per heavy atom. The lowest BCUT2D eigenvalue weighted by Crippen LogP contribution is -1.89. The van der Waals surface area contributed by atoms with Crippen molar-refractivity contribution in [3.05, 3.63) is 78.4 Å². The fourth-order valence-corrected chi connectivity index (χ4v) is 2.31. The Bertz CT molecular complexity index is 790. The number of aldehydes is 1. The van der Waals surface area contributed by atoms with Gasteiger partial charge >= 0.3 is 0 Å². The Kier molecular flexibility index (Phi) is 4.39. The van der Waals surface area contributed by atoms with Gasteiger partial charge in [0, 0.05) is 11.1 Å². The maximum atomic E-state index is 10.7. The Hall–Kier alpha value is -3.07. The molecule has 0 atom stereocenters. The summed E-state index contributed by atoms with van der Waals surface area (Å²) in [5.41, 5.74) is 2.67. The van der Waals surface area contributed by atoms with Gasteiger partial charge in [0.15, 0.2) is 0 Å². The molecule has 0 aliphatic rings. The molecular weight excluding hydrogens is 288 g/mol. The number of benzene rings is 3. The average molecular weight is 304 g/mol. The van der Waals surface area contributed by atoms with Gasteiger partial charge in [-0.2, -0.15) is 0 Å². The molecule has 0 aliphatic carbocycles. The van der Waals surface area contributed by atoms with Gasteiger partial charge in [0.05, 0.1) is 7.11 Å². The summed E-state index contributed by atoms with van der Waals surface area (Å²) in [6.07, 6.45) is 0.815. The topological polar surface area (TPSA) is 35.5 Å². The Morgan fingerprint density at radius 3 is 2.09 bits per heavy atom. The smallest absolute Gasteiger partial charge is 0.150 e. The number of methoxy groups -OCH3 is 1. The Morgan fingerprint density at radius 2 is 1.43 bits per heavy atom. The summed E-state index contributed by atoms with van der Waals surface area (Å²) in [5, 5.41) is 0.